The summed E-state index contributed by atoms with van der Waals surface area (Å²) in [5, 5.41) is 13.5. The van der Waals surface area contributed by atoms with E-state index in [0.29, 0.717) is 12.8 Å². The van der Waals surface area contributed by atoms with E-state index in [4.69, 9.17) is 15.6 Å². The van der Waals surface area contributed by atoms with Gasteiger partial charge < -0.3 is 26.2 Å². The number of carboxylic acids is 1. The van der Waals surface area contributed by atoms with Crippen LogP contribution in [0.15, 0.2) is 0 Å². The number of carbonyl (C=O) groups excluding carboxylic acids is 2. The molecule has 0 saturated heterocycles. The molecule has 0 unspecified atom stereocenters. The third-order valence-corrected chi connectivity index (χ3v) is 1.96. The number of carboxylic acid groups (broad SMARTS) is 1. The first-order valence-electron chi connectivity index (χ1n) is 5.60. The molecule has 0 aliphatic rings. The van der Waals surface area contributed by atoms with Crippen molar-refractivity contribution in [3.8, 4) is 0 Å². The van der Waals surface area contributed by atoms with E-state index in [1.807, 2.05) is 6.92 Å². The Kier molecular flexibility index (Phi) is 8.29. The number of hydrogen-bond acceptors (Lipinski definition) is 4. The van der Waals surface area contributed by atoms with Crippen molar-refractivity contribution in [1.82, 2.24) is 10.6 Å². The number of rotatable bonds is 9. The summed E-state index contributed by atoms with van der Waals surface area (Å²) >= 11 is 0. The number of nitrogens with one attached hydrogen (secondary N) is 2. The Balaban J connectivity index is 3.74. The van der Waals surface area contributed by atoms with Gasteiger partial charge in [-0.15, -0.1) is 0 Å². The minimum atomic E-state index is -1.07. The molecule has 0 saturated carbocycles. The minimum absolute atomic E-state index is 0.127. The van der Waals surface area contributed by atoms with E-state index in [0.717, 1.165) is 0 Å². The molecule has 0 aliphatic heterocycles. The maximum Gasteiger partial charge on any atom is 0.326 e. The second-order valence-corrected chi connectivity index (χ2v) is 3.60. The standard InChI is InChI=1S/C10H19N3O5/c1-2-3-7(9(15)16)13-10(17)12-4-5-18-6-8(11)14/h7H,2-6H2,1H3,(H2,11,14)(H,15,16)(H2,12,13,17)/t7-/m1/s1. The molecule has 0 spiro atoms. The van der Waals surface area contributed by atoms with Crippen molar-refractivity contribution in [2.45, 2.75) is 25.8 Å². The minimum Gasteiger partial charge on any atom is -0.480 e. The summed E-state index contributed by atoms with van der Waals surface area (Å²) in [4.78, 5) is 32.4. The first kappa shape index (κ1) is 16.2. The van der Waals surface area contributed by atoms with Crippen LogP contribution >= 0.6 is 0 Å². The molecule has 8 heteroatoms. The number of primary amides is 1. The number of amides is 3. The lowest BCUT2D eigenvalue weighted by molar-refractivity contribution is -0.139. The van der Waals surface area contributed by atoms with Crippen LogP contribution in [0.2, 0.25) is 0 Å². The first-order chi connectivity index (χ1) is 8.47. The van der Waals surface area contributed by atoms with Crippen molar-refractivity contribution in [1.29, 1.82) is 0 Å². The molecule has 3 amide bonds. The number of ether oxygens (including phenoxy) is 1. The van der Waals surface area contributed by atoms with Crippen LogP contribution in [0.3, 0.4) is 0 Å². The lowest BCUT2D eigenvalue weighted by atomic mass is 10.2. The van der Waals surface area contributed by atoms with Crippen LogP contribution in [0.1, 0.15) is 19.8 Å². The van der Waals surface area contributed by atoms with Gasteiger partial charge in [-0.05, 0) is 6.42 Å². The molecule has 0 aliphatic carbocycles. The van der Waals surface area contributed by atoms with E-state index in [1.54, 1.807) is 0 Å². The predicted molar refractivity (Wildman–Crippen MR) is 62.9 cm³/mol. The van der Waals surface area contributed by atoms with E-state index in [2.05, 4.69) is 10.6 Å². The third kappa shape index (κ3) is 8.34. The molecular weight excluding hydrogens is 242 g/mol. The topological polar surface area (TPSA) is 131 Å². The van der Waals surface area contributed by atoms with Gasteiger partial charge in [-0.1, -0.05) is 13.3 Å². The molecular formula is C10H19N3O5. The summed E-state index contributed by atoms with van der Waals surface area (Å²) in [5.74, 6) is -1.66. The van der Waals surface area contributed by atoms with Crippen molar-refractivity contribution in [3.63, 3.8) is 0 Å². The zero-order valence-electron chi connectivity index (χ0n) is 10.3. The smallest absolute Gasteiger partial charge is 0.326 e. The van der Waals surface area contributed by atoms with Crippen molar-refractivity contribution in [3.05, 3.63) is 0 Å². The normalized spacial score (nSPS) is 11.6. The maximum absolute atomic E-state index is 11.3. The Morgan fingerprint density at radius 3 is 2.56 bits per heavy atom. The zero-order valence-corrected chi connectivity index (χ0v) is 10.3. The molecule has 104 valence electrons. The molecule has 0 rings (SSSR count). The van der Waals surface area contributed by atoms with Crippen LogP contribution in [-0.4, -0.2) is 48.8 Å². The fourth-order valence-electron chi connectivity index (χ4n) is 1.16. The van der Waals surface area contributed by atoms with Gasteiger partial charge in [0.2, 0.25) is 5.91 Å². The molecule has 0 fully saturated rings. The van der Waals surface area contributed by atoms with Gasteiger partial charge in [0.15, 0.2) is 0 Å². The Labute approximate surface area is 105 Å². The number of urea groups is 1. The van der Waals surface area contributed by atoms with Gasteiger partial charge >= 0.3 is 12.0 Å². The van der Waals surface area contributed by atoms with Crippen LogP contribution in [0.5, 0.6) is 0 Å². The molecule has 0 heterocycles. The van der Waals surface area contributed by atoms with Gasteiger partial charge in [0.05, 0.1) is 6.61 Å². The highest BCUT2D eigenvalue weighted by Gasteiger charge is 2.18. The second kappa shape index (κ2) is 9.23. The number of nitrogens with two attached hydrogens (primary N) is 1. The largest absolute Gasteiger partial charge is 0.480 e. The number of hydrogen-bond donors (Lipinski definition) is 4. The van der Waals surface area contributed by atoms with Crippen LogP contribution in [0.25, 0.3) is 0 Å². The van der Waals surface area contributed by atoms with E-state index in [-0.39, 0.29) is 19.8 Å². The fraction of sp³-hybridized carbons (Fsp3) is 0.700. The second-order valence-electron chi connectivity index (χ2n) is 3.60. The molecule has 0 aromatic rings. The van der Waals surface area contributed by atoms with Crippen LogP contribution in [-0.2, 0) is 14.3 Å². The number of aliphatic carboxylic acids is 1. The SMILES string of the molecule is CCC[C@@H](NC(=O)NCCOCC(N)=O)C(=O)O. The van der Waals surface area contributed by atoms with Gasteiger partial charge in [0.1, 0.15) is 12.6 Å². The molecule has 1 atom stereocenters. The van der Waals surface area contributed by atoms with Crippen molar-refractivity contribution in [2.24, 2.45) is 5.73 Å². The molecule has 0 radical (unpaired) electrons. The molecule has 0 aromatic carbocycles. The van der Waals surface area contributed by atoms with Crippen LogP contribution in [0.4, 0.5) is 4.79 Å². The Morgan fingerprint density at radius 2 is 2.06 bits per heavy atom. The highest BCUT2D eigenvalue weighted by Crippen LogP contribution is 1.96. The van der Waals surface area contributed by atoms with E-state index in [9.17, 15) is 14.4 Å². The van der Waals surface area contributed by atoms with Gasteiger partial charge in [0.25, 0.3) is 0 Å². The Hall–Kier alpha value is -1.83. The van der Waals surface area contributed by atoms with Gasteiger partial charge in [0, 0.05) is 6.54 Å². The highest BCUT2D eigenvalue weighted by atomic mass is 16.5. The summed E-state index contributed by atoms with van der Waals surface area (Å²) in [6, 6.07) is -1.49. The summed E-state index contributed by atoms with van der Waals surface area (Å²) in [6.45, 7) is 1.91. The third-order valence-electron chi connectivity index (χ3n) is 1.96. The van der Waals surface area contributed by atoms with Gasteiger partial charge in [-0.3, -0.25) is 4.79 Å². The monoisotopic (exact) mass is 261 g/mol. The lowest BCUT2D eigenvalue weighted by Gasteiger charge is -2.14. The molecule has 18 heavy (non-hydrogen) atoms. The van der Waals surface area contributed by atoms with E-state index >= 15 is 0 Å². The maximum atomic E-state index is 11.3. The molecule has 0 bridgehead atoms. The predicted octanol–water partition coefficient (Wildman–Crippen LogP) is -0.959. The molecule has 5 N–H and O–H groups in total. The average Bonchev–Trinajstić information content (AvgIpc) is 2.27. The molecule has 8 nitrogen and oxygen atoms in total. The Bertz CT molecular complexity index is 295. The van der Waals surface area contributed by atoms with Crippen molar-refractivity contribution < 1.29 is 24.2 Å². The van der Waals surface area contributed by atoms with Gasteiger partial charge in [-0.2, -0.15) is 0 Å². The fourth-order valence-corrected chi connectivity index (χ4v) is 1.16. The summed E-state index contributed by atoms with van der Waals surface area (Å²) in [6.07, 6.45) is 1.01. The number of carbonyl (C=O) groups is 3. The lowest BCUT2D eigenvalue weighted by Crippen LogP contribution is -2.46. The molecule has 0 aromatic heterocycles. The summed E-state index contributed by atoms with van der Waals surface area (Å²) in [5.41, 5.74) is 4.84. The van der Waals surface area contributed by atoms with Crippen LogP contribution < -0.4 is 16.4 Å². The van der Waals surface area contributed by atoms with E-state index in [1.165, 1.54) is 0 Å². The Morgan fingerprint density at radius 1 is 1.39 bits per heavy atom. The zero-order chi connectivity index (χ0) is 14.0. The van der Waals surface area contributed by atoms with E-state index < -0.39 is 23.9 Å². The summed E-state index contributed by atoms with van der Waals surface area (Å²) < 4.78 is 4.81. The van der Waals surface area contributed by atoms with Gasteiger partial charge in [-0.25, -0.2) is 9.59 Å². The first-order valence-corrected chi connectivity index (χ1v) is 5.60. The average molecular weight is 261 g/mol. The van der Waals surface area contributed by atoms with Crippen molar-refractivity contribution >= 4 is 17.9 Å². The highest BCUT2D eigenvalue weighted by molar-refractivity contribution is 5.82. The quantitative estimate of drug-likeness (QED) is 0.397. The van der Waals surface area contributed by atoms with Crippen molar-refractivity contribution in [2.75, 3.05) is 19.8 Å². The summed E-state index contributed by atoms with van der Waals surface area (Å²) in [7, 11) is 0. The van der Waals surface area contributed by atoms with Crippen LogP contribution in [0, 0.1) is 0 Å².